The van der Waals surface area contributed by atoms with Gasteiger partial charge in [0, 0.05) is 6.42 Å². The smallest absolute Gasteiger partial charge is 0.412 e. The number of halogens is 2. The van der Waals surface area contributed by atoms with Crippen molar-refractivity contribution in [2.24, 2.45) is 0 Å². The van der Waals surface area contributed by atoms with Gasteiger partial charge in [-0.25, -0.2) is 13.6 Å². The van der Waals surface area contributed by atoms with E-state index in [1.165, 1.54) is 13.0 Å². The van der Waals surface area contributed by atoms with E-state index in [1.807, 2.05) is 0 Å². The van der Waals surface area contributed by atoms with E-state index in [0.717, 1.165) is 6.08 Å². The van der Waals surface area contributed by atoms with Crippen LogP contribution in [0.1, 0.15) is 34.1 Å². The Labute approximate surface area is 99.5 Å². The molecule has 0 spiro atoms. The van der Waals surface area contributed by atoms with Crippen LogP contribution in [0.2, 0.25) is 0 Å². The SMILES string of the molecule is CC(C)(C)OC(=O)NC1=C(F)C=CCC1(C)F. The number of hydrogen-bond donors (Lipinski definition) is 1. The van der Waals surface area contributed by atoms with Crippen molar-refractivity contribution in [1.29, 1.82) is 0 Å². The number of amides is 1. The van der Waals surface area contributed by atoms with Crippen LogP contribution in [-0.2, 0) is 4.74 Å². The van der Waals surface area contributed by atoms with Gasteiger partial charge in [0.15, 0.2) is 5.67 Å². The highest BCUT2D eigenvalue weighted by atomic mass is 19.1. The van der Waals surface area contributed by atoms with Gasteiger partial charge in [0.1, 0.15) is 11.4 Å². The van der Waals surface area contributed by atoms with Gasteiger partial charge in [-0.2, -0.15) is 0 Å². The van der Waals surface area contributed by atoms with Crippen molar-refractivity contribution in [3.8, 4) is 0 Å². The van der Waals surface area contributed by atoms with Crippen LogP contribution < -0.4 is 5.32 Å². The molecule has 0 radical (unpaired) electrons. The molecule has 0 saturated heterocycles. The summed E-state index contributed by atoms with van der Waals surface area (Å²) in [4.78, 5) is 11.4. The topological polar surface area (TPSA) is 38.3 Å². The first kappa shape index (κ1) is 13.7. The monoisotopic (exact) mass is 245 g/mol. The molecule has 0 bridgehead atoms. The minimum Gasteiger partial charge on any atom is -0.444 e. The molecule has 1 aliphatic carbocycles. The highest BCUT2D eigenvalue weighted by molar-refractivity contribution is 5.71. The van der Waals surface area contributed by atoms with E-state index in [1.54, 1.807) is 20.8 Å². The lowest BCUT2D eigenvalue weighted by Gasteiger charge is -2.27. The van der Waals surface area contributed by atoms with Crippen LogP contribution in [0.5, 0.6) is 0 Å². The molecule has 1 N–H and O–H groups in total. The fraction of sp³-hybridized carbons (Fsp3) is 0.583. The molecule has 5 heteroatoms. The van der Waals surface area contributed by atoms with E-state index in [-0.39, 0.29) is 12.1 Å². The maximum absolute atomic E-state index is 14.0. The molecule has 0 aromatic carbocycles. The molecule has 1 atom stereocenters. The Morgan fingerprint density at radius 3 is 2.59 bits per heavy atom. The molecular weight excluding hydrogens is 228 g/mol. The van der Waals surface area contributed by atoms with Crippen LogP contribution in [0.15, 0.2) is 23.7 Å². The van der Waals surface area contributed by atoms with Crippen molar-refractivity contribution in [3.63, 3.8) is 0 Å². The summed E-state index contributed by atoms with van der Waals surface area (Å²) in [6, 6.07) is 0. The first-order valence-electron chi connectivity index (χ1n) is 5.37. The largest absolute Gasteiger partial charge is 0.444 e. The van der Waals surface area contributed by atoms with Crippen molar-refractivity contribution in [2.45, 2.75) is 45.4 Å². The van der Waals surface area contributed by atoms with Crippen LogP contribution in [-0.4, -0.2) is 17.4 Å². The molecule has 0 aromatic rings. The molecule has 96 valence electrons. The minimum absolute atomic E-state index is 0.0194. The quantitative estimate of drug-likeness (QED) is 0.769. The summed E-state index contributed by atoms with van der Waals surface area (Å²) in [7, 11) is 0. The van der Waals surface area contributed by atoms with Gasteiger partial charge in [0.25, 0.3) is 0 Å². The Balaban J connectivity index is 2.79. The normalized spacial score (nSPS) is 24.8. The summed E-state index contributed by atoms with van der Waals surface area (Å²) in [6.07, 6.45) is 1.68. The first-order chi connectivity index (χ1) is 7.62. The number of ether oxygens (including phenoxy) is 1. The van der Waals surface area contributed by atoms with Crippen molar-refractivity contribution >= 4 is 6.09 Å². The predicted molar refractivity (Wildman–Crippen MR) is 60.8 cm³/mol. The van der Waals surface area contributed by atoms with Crippen molar-refractivity contribution in [3.05, 3.63) is 23.7 Å². The fourth-order valence-corrected chi connectivity index (χ4v) is 1.41. The average molecular weight is 245 g/mol. The molecule has 1 rings (SSSR count). The van der Waals surface area contributed by atoms with Gasteiger partial charge in [-0.15, -0.1) is 0 Å². The molecule has 0 aliphatic heterocycles. The molecule has 17 heavy (non-hydrogen) atoms. The number of rotatable bonds is 1. The Kier molecular flexibility index (Phi) is 3.59. The lowest BCUT2D eigenvalue weighted by molar-refractivity contribution is 0.0520. The number of carbonyl (C=O) groups excluding carboxylic acids is 1. The van der Waals surface area contributed by atoms with Crippen LogP contribution in [0.3, 0.4) is 0 Å². The Morgan fingerprint density at radius 2 is 2.12 bits per heavy atom. The third-order valence-corrected chi connectivity index (χ3v) is 2.15. The summed E-state index contributed by atoms with van der Waals surface area (Å²) < 4.78 is 32.3. The van der Waals surface area contributed by atoms with Gasteiger partial charge in [-0.1, -0.05) is 6.08 Å². The Hall–Kier alpha value is -1.39. The molecule has 0 aromatic heterocycles. The summed E-state index contributed by atoms with van der Waals surface area (Å²) in [6.45, 7) is 6.23. The molecule has 1 aliphatic rings. The van der Waals surface area contributed by atoms with E-state index in [4.69, 9.17) is 4.74 Å². The fourth-order valence-electron chi connectivity index (χ4n) is 1.41. The molecule has 1 unspecified atom stereocenters. The maximum Gasteiger partial charge on any atom is 0.412 e. The molecule has 1 amide bonds. The second kappa shape index (κ2) is 4.47. The zero-order valence-corrected chi connectivity index (χ0v) is 10.4. The third kappa shape index (κ3) is 3.84. The average Bonchev–Trinajstić information content (AvgIpc) is 2.08. The molecular formula is C12H17F2NO2. The Morgan fingerprint density at radius 1 is 1.53 bits per heavy atom. The lowest BCUT2D eigenvalue weighted by Crippen LogP contribution is -2.39. The minimum atomic E-state index is -1.92. The predicted octanol–water partition coefficient (Wildman–Crippen LogP) is 3.38. The molecule has 0 heterocycles. The van der Waals surface area contributed by atoms with Crippen LogP contribution in [0.4, 0.5) is 13.6 Å². The molecule has 3 nitrogen and oxygen atoms in total. The number of carbonyl (C=O) groups is 1. The zero-order valence-electron chi connectivity index (χ0n) is 10.4. The molecule has 0 saturated carbocycles. The Bertz CT molecular complexity index is 378. The van der Waals surface area contributed by atoms with Crippen LogP contribution >= 0.6 is 0 Å². The van der Waals surface area contributed by atoms with E-state index in [0.29, 0.717) is 0 Å². The standard InChI is InChI=1S/C12H17F2NO2/c1-11(2,3)17-10(16)15-9-8(13)6-5-7-12(9,4)14/h5-6H,7H2,1-4H3,(H,15,16). The van der Waals surface area contributed by atoms with Gasteiger partial charge in [-0.05, 0) is 33.8 Å². The van der Waals surface area contributed by atoms with Gasteiger partial charge in [0.05, 0.1) is 5.70 Å². The highest BCUT2D eigenvalue weighted by Gasteiger charge is 2.34. The third-order valence-electron chi connectivity index (χ3n) is 2.15. The number of alkyl halides is 1. The second-order valence-electron chi connectivity index (χ2n) is 5.15. The number of alkyl carbamates (subject to hydrolysis) is 1. The summed E-state index contributed by atoms with van der Waals surface area (Å²) in [5.74, 6) is -0.785. The van der Waals surface area contributed by atoms with E-state index in [9.17, 15) is 13.6 Å². The van der Waals surface area contributed by atoms with Crippen LogP contribution in [0.25, 0.3) is 0 Å². The number of allylic oxidation sites excluding steroid dienone is 4. The number of hydrogen-bond acceptors (Lipinski definition) is 2. The van der Waals surface area contributed by atoms with Crippen molar-refractivity contribution < 1.29 is 18.3 Å². The maximum atomic E-state index is 14.0. The summed E-state index contributed by atoms with van der Waals surface area (Å²) >= 11 is 0. The van der Waals surface area contributed by atoms with Crippen molar-refractivity contribution in [1.82, 2.24) is 5.32 Å². The second-order valence-corrected chi connectivity index (χ2v) is 5.15. The van der Waals surface area contributed by atoms with E-state index >= 15 is 0 Å². The van der Waals surface area contributed by atoms with Crippen LogP contribution in [0, 0.1) is 0 Å². The van der Waals surface area contributed by atoms with E-state index in [2.05, 4.69) is 5.32 Å². The van der Waals surface area contributed by atoms with E-state index < -0.39 is 23.2 Å². The van der Waals surface area contributed by atoms with Gasteiger partial charge in [-0.3, -0.25) is 5.32 Å². The number of nitrogens with one attached hydrogen (secondary N) is 1. The van der Waals surface area contributed by atoms with Gasteiger partial charge < -0.3 is 4.74 Å². The van der Waals surface area contributed by atoms with Gasteiger partial charge >= 0.3 is 6.09 Å². The first-order valence-corrected chi connectivity index (χ1v) is 5.37. The lowest BCUT2D eigenvalue weighted by atomic mass is 9.95. The summed E-state index contributed by atoms with van der Waals surface area (Å²) in [5, 5.41) is 2.13. The molecule has 0 fully saturated rings. The zero-order chi connectivity index (χ0) is 13.3. The summed E-state index contributed by atoms with van der Waals surface area (Å²) in [5.41, 5.74) is -3.01. The highest BCUT2D eigenvalue weighted by Crippen LogP contribution is 2.31. The van der Waals surface area contributed by atoms with Crippen molar-refractivity contribution in [2.75, 3.05) is 0 Å². The van der Waals surface area contributed by atoms with Gasteiger partial charge in [0.2, 0.25) is 0 Å².